The lowest BCUT2D eigenvalue weighted by atomic mass is 10.2. The van der Waals surface area contributed by atoms with Crippen molar-refractivity contribution in [2.75, 3.05) is 16.4 Å². The van der Waals surface area contributed by atoms with E-state index in [1.165, 1.54) is 18.7 Å². The molecule has 2 heterocycles. The molecule has 2 N–H and O–H groups in total. The van der Waals surface area contributed by atoms with Crippen LogP contribution in [0.2, 0.25) is 0 Å². The number of benzene rings is 2. The Morgan fingerprint density at radius 3 is 2.58 bits per heavy atom. The second-order valence-electron chi connectivity index (χ2n) is 7.40. The van der Waals surface area contributed by atoms with E-state index in [0.717, 1.165) is 11.1 Å². The van der Waals surface area contributed by atoms with Gasteiger partial charge in [0.15, 0.2) is 10.9 Å². The van der Waals surface area contributed by atoms with E-state index in [1.54, 1.807) is 24.5 Å². The average Bonchev–Trinajstić information content (AvgIpc) is 3.45. The summed E-state index contributed by atoms with van der Waals surface area (Å²) in [5.41, 5.74) is 3.27. The number of nitrogens with zero attached hydrogens (tertiary/aromatic N) is 3. The summed E-state index contributed by atoms with van der Waals surface area (Å²) in [6, 6.07) is 19.0. The van der Waals surface area contributed by atoms with Crippen LogP contribution in [0.5, 0.6) is 0 Å². The highest BCUT2D eigenvalue weighted by molar-refractivity contribution is 7.99. The topological polar surface area (TPSA) is 102 Å². The van der Waals surface area contributed by atoms with Gasteiger partial charge in [-0.05, 0) is 42.3 Å². The van der Waals surface area contributed by atoms with Gasteiger partial charge in [-0.15, -0.1) is 10.2 Å². The van der Waals surface area contributed by atoms with Crippen LogP contribution in [0, 0.1) is 6.92 Å². The first-order chi connectivity index (χ1) is 16.0. The zero-order valence-electron chi connectivity index (χ0n) is 18.2. The second kappa shape index (κ2) is 10.2. The molecule has 2 aromatic heterocycles. The van der Waals surface area contributed by atoms with Crippen molar-refractivity contribution in [3.8, 4) is 11.6 Å². The largest absolute Gasteiger partial charge is 0.461 e. The molecule has 0 aliphatic rings. The number of anilines is 2. The van der Waals surface area contributed by atoms with E-state index in [4.69, 9.17) is 4.42 Å². The number of hydrogen-bond acceptors (Lipinski definition) is 6. The van der Waals surface area contributed by atoms with Gasteiger partial charge < -0.3 is 15.1 Å². The fourth-order valence-corrected chi connectivity index (χ4v) is 3.98. The Morgan fingerprint density at radius 2 is 1.85 bits per heavy atom. The number of rotatable bonds is 8. The Hall–Kier alpha value is -3.85. The van der Waals surface area contributed by atoms with Crippen LogP contribution in [-0.2, 0) is 16.1 Å². The average molecular weight is 462 g/mol. The van der Waals surface area contributed by atoms with Crippen LogP contribution in [0.15, 0.2) is 76.5 Å². The van der Waals surface area contributed by atoms with E-state index < -0.39 is 0 Å². The molecule has 2 amide bonds. The van der Waals surface area contributed by atoms with Crippen LogP contribution < -0.4 is 10.6 Å². The molecule has 0 saturated heterocycles. The van der Waals surface area contributed by atoms with Crippen molar-refractivity contribution in [1.82, 2.24) is 14.8 Å². The number of carbonyl (C=O) groups excluding carboxylic acids is 2. The fraction of sp³-hybridized carbons (Fsp3) is 0.167. The maximum Gasteiger partial charge on any atom is 0.234 e. The lowest BCUT2D eigenvalue weighted by molar-refractivity contribution is -0.114. The number of amides is 2. The summed E-state index contributed by atoms with van der Waals surface area (Å²) in [6.07, 6.45) is 1.59. The van der Waals surface area contributed by atoms with Crippen molar-refractivity contribution >= 4 is 35.0 Å². The third kappa shape index (κ3) is 5.69. The number of hydrogen-bond donors (Lipinski definition) is 2. The van der Waals surface area contributed by atoms with Gasteiger partial charge >= 0.3 is 0 Å². The number of aryl methyl sites for hydroxylation is 1. The van der Waals surface area contributed by atoms with Gasteiger partial charge in [-0.25, -0.2) is 0 Å². The number of carbonyl (C=O) groups is 2. The standard InChI is InChI=1S/C24H23N5O3S/c1-16-10-11-19(13-20(16)25-17(2)30)26-22(31)15-33-24-28-27-23(21-9-6-12-32-21)29(24)14-18-7-4-3-5-8-18/h3-13H,14-15H2,1-2H3,(H,25,30)(H,26,31). The molecule has 8 nitrogen and oxygen atoms in total. The molecule has 0 bridgehead atoms. The van der Waals surface area contributed by atoms with Crippen molar-refractivity contribution in [2.45, 2.75) is 25.5 Å². The van der Waals surface area contributed by atoms with Crippen LogP contribution in [0.25, 0.3) is 11.6 Å². The molecule has 2 aromatic carbocycles. The first-order valence-corrected chi connectivity index (χ1v) is 11.3. The van der Waals surface area contributed by atoms with Gasteiger partial charge in [0.05, 0.1) is 18.6 Å². The Labute approximate surface area is 195 Å². The highest BCUT2D eigenvalue weighted by Gasteiger charge is 2.18. The third-order valence-corrected chi connectivity index (χ3v) is 5.77. The summed E-state index contributed by atoms with van der Waals surface area (Å²) >= 11 is 1.30. The van der Waals surface area contributed by atoms with Crippen molar-refractivity contribution < 1.29 is 14.0 Å². The van der Waals surface area contributed by atoms with E-state index in [-0.39, 0.29) is 17.6 Å². The van der Waals surface area contributed by atoms with Gasteiger partial charge in [-0.2, -0.15) is 0 Å². The van der Waals surface area contributed by atoms with Crippen molar-refractivity contribution in [2.24, 2.45) is 0 Å². The molecule has 0 saturated carbocycles. The first-order valence-electron chi connectivity index (χ1n) is 10.3. The number of aromatic nitrogens is 3. The lowest BCUT2D eigenvalue weighted by Gasteiger charge is -2.11. The quantitative estimate of drug-likeness (QED) is 0.372. The number of nitrogens with one attached hydrogen (secondary N) is 2. The predicted octanol–water partition coefficient (Wildman–Crippen LogP) is 4.58. The highest BCUT2D eigenvalue weighted by Crippen LogP contribution is 2.26. The molecule has 0 aliphatic carbocycles. The van der Waals surface area contributed by atoms with Crippen LogP contribution in [0.1, 0.15) is 18.1 Å². The minimum atomic E-state index is -0.188. The molecule has 9 heteroatoms. The van der Waals surface area contributed by atoms with Crippen molar-refractivity contribution in [1.29, 1.82) is 0 Å². The minimum absolute atomic E-state index is 0.147. The molecule has 4 aromatic rings. The zero-order chi connectivity index (χ0) is 23.2. The van der Waals surface area contributed by atoms with E-state index in [9.17, 15) is 9.59 Å². The van der Waals surface area contributed by atoms with Crippen LogP contribution in [-0.4, -0.2) is 32.3 Å². The molecule has 0 radical (unpaired) electrons. The molecule has 168 valence electrons. The third-order valence-electron chi connectivity index (χ3n) is 4.81. The normalized spacial score (nSPS) is 10.7. The monoisotopic (exact) mass is 461 g/mol. The Kier molecular flexibility index (Phi) is 6.89. The summed E-state index contributed by atoms with van der Waals surface area (Å²) in [5, 5.41) is 14.8. The summed E-state index contributed by atoms with van der Waals surface area (Å²) in [4.78, 5) is 24.0. The van der Waals surface area contributed by atoms with E-state index in [0.29, 0.717) is 34.7 Å². The number of furan rings is 1. The zero-order valence-corrected chi connectivity index (χ0v) is 19.1. The second-order valence-corrected chi connectivity index (χ2v) is 8.35. The Morgan fingerprint density at radius 1 is 1.03 bits per heavy atom. The van der Waals surface area contributed by atoms with Crippen LogP contribution in [0.3, 0.4) is 0 Å². The molecule has 4 rings (SSSR count). The number of thioether (sulfide) groups is 1. The van der Waals surface area contributed by atoms with E-state index >= 15 is 0 Å². The lowest BCUT2D eigenvalue weighted by Crippen LogP contribution is -2.15. The van der Waals surface area contributed by atoms with Crippen LogP contribution in [0.4, 0.5) is 11.4 Å². The van der Waals surface area contributed by atoms with Crippen LogP contribution >= 0.6 is 11.8 Å². The molecule has 0 fully saturated rings. The summed E-state index contributed by atoms with van der Waals surface area (Å²) in [6.45, 7) is 3.89. The van der Waals surface area contributed by atoms with Gasteiger partial charge in [0.1, 0.15) is 0 Å². The Bertz CT molecular complexity index is 1250. The molecular formula is C24H23N5O3S. The van der Waals surface area contributed by atoms with Crippen molar-refractivity contribution in [3.63, 3.8) is 0 Å². The van der Waals surface area contributed by atoms with E-state index in [2.05, 4.69) is 20.8 Å². The SMILES string of the molecule is CC(=O)Nc1cc(NC(=O)CSc2nnc(-c3ccco3)n2Cc2ccccc2)ccc1C. The summed E-state index contributed by atoms with van der Waals surface area (Å²) in [7, 11) is 0. The van der Waals surface area contributed by atoms with Gasteiger partial charge in [-0.3, -0.25) is 14.2 Å². The summed E-state index contributed by atoms with van der Waals surface area (Å²) < 4.78 is 7.46. The minimum Gasteiger partial charge on any atom is -0.461 e. The maximum absolute atomic E-state index is 12.6. The predicted molar refractivity (Wildman–Crippen MR) is 128 cm³/mol. The van der Waals surface area contributed by atoms with Crippen molar-refractivity contribution in [3.05, 3.63) is 78.1 Å². The molecule has 0 aliphatic heterocycles. The molecule has 0 spiro atoms. The molecule has 0 atom stereocenters. The Balaban J connectivity index is 1.48. The van der Waals surface area contributed by atoms with Gasteiger partial charge in [0, 0.05) is 18.3 Å². The summed E-state index contributed by atoms with van der Waals surface area (Å²) in [5.74, 6) is 1.01. The maximum atomic E-state index is 12.6. The van der Waals surface area contributed by atoms with Gasteiger partial charge in [0.2, 0.25) is 17.6 Å². The van der Waals surface area contributed by atoms with Gasteiger partial charge in [0.25, 0.3) is 0 Å². The van der Waals surface area contributed by atoms with E-state index in [1.807, 2.05) is 54.0 Å². The molecule has 0 unspecified atom stereocenters. The van der Waals surface area contributed by atoms with Gasteiger partial charge in [-0.1, -0.05) is 48.2 Å². The molecule has 33 heavy (non-hydrogen) atoms. The highest BCUT2D eigenvalue weighted by atomic mass is 32.2. The smallest absolute Gasteiger partial charge is 0.234 e. The first kappa shape index (κ1) is 22.3. The molecular weight excluding hydrogens is 438 g/mol. The fourth-order valence-electron chi connectivity index (χ4n) is 3.24.